The summed E-state index contributed by atoms with van der Waals surface area (Å²) in [5.41, 5.74) is 1.99. The zero-order valence-corrected chi connectivity index (χ0v) is 18.5. The molecule has 1 saturated heterocycles. The van der Waals surface area contributed by atoms with E-state index in [1.807, 2.05) is 17.0 Å². The normalized spacial score (nSPS) is 21.6. The van der Waals surface area contributed by atoms with Gasteiger partial charge in [-0.05, 0) is 48.1 Å². The minimum absolute atomic E-state index is 0.0357. The molecule has 0 aliphatic carbocycles. The van der Waals surface area contributed by atoms with E-state index in [9.17, 15) is 9.59 Å². The van der Waals surface area contributed by atoms with Gasteiger partial charge in [-0.2, -0.15) is 0 Å². The van der Waals surface area contributed by atoms with Gasteiger partial charge in [-0.15, -0.1) is 0 Å². The van der Waals surface area contributed by atoms with Crippen LogP contribution in [0.25, 0.3) is 0 Å². The van der Waals surface area contributed by atoms with E-state index in [0.29, 0.717) is 28.5 Å². The van der Waals surface area contributed by atoms with Crippen LogP contribution in [-0.4, -0.2) is 61.0 Å². The predicted molar refractivity (Wildman–Crippen MR) is 116 cm³/mol. The fourth-order valence-corrected chi connectivity index (χ4v) is 4.71. The zero-order chi connectivity index (χ0) is 22.1. The smallest absolute Gasteiger partial charge is 0.254 e. The van der Waals surface area contributed by atoms with Crippen LogP contribution in [0, 0.1) is 5.92 Å². The van der Waals surface area contributed by atoms with Gasteiger partial charge in [0, 0.05) is 38.1 Å². The fourth-order valence-electron chi connectivity index (χ4n) is 4.71. The third kappa shape index (κ3) is 3.73. The molecule has 0 unspecified atom stereocenters. The van der Waals surface area contributed by atoms with Crippen LogP contribution in [0.3, 0.4) is 0 Å². The maximum absolute atomic E-state index is 13.9. The van der Waals surface area contributed by atoms with E-state index in [2.05, 4.69) is 11.9 Å². The quantitative estimate of drug-likeness (QED) is 0.755. The lowest BCUT2D eigenvalue weighted by Crippen LogP contribution is -2.48. The maximum Gasteiger partial charge on any atom is 0.254 e. The predicted octanol–water partition coefficient (Wildman–Crippen LogP) is 3.27. The van der Waals surface area contributed by atoms with Crippen LogP contribution in [-0.2, 0) is 4.79 Å². The summed E-state index contributed by atoms with van der Waals surface area (Å²) in [4.78, 5) is 35.1. The molecule has 2 aliphatic rings. The van der Waals surface area contributed by atoms with E-state index in [0.717, 1.165) is 31.5 Å². The molecule has 2 amide bonds. The first-order chi connectivity index (χ1) is 15.0. The second kappa shape index (κ2) is 8.57. The number of hydrogen-bond acceptors (Lipinski definition) is 5. The highest BCUT2D eigenvalue weighted by molar-refractivity contribution is 6.02. The Balaban J connectivity index is 1.87. The number of benzene rings is 1. The SMILES string of the molecule is COc1cc2c(cc1OC)[C@H](C(=O)N1CCC(C)CC1)[C@@H](c1cccnc1)N(C)C2=O. The van der Waals surface area contributed by atoms with Crippen LogP contribution in [0.5, 0.6) is 11.5 Å². The molecule has 1 fully saturated rings. The molecule has 0 bridgehead atoms. The lowest BCUT2D eigenvalue weighted by Gasteiger charge is -2.42. The minimum Gasteiger partial charge on any atom is -0.493 e. The number of rotatable bonds is 4. The first kappa shape index (κ1) is 21.2. The summed E-state index contributed by atoms with van der Waals surface area (Å²) in [5, 5.41) is 0. The number of piperidine rings is 1. The third-order valence-electron chi connectivity index (χ3n) is 6.56. The lowest BCUT2D eigenvalue weighted by molar-refractivity contribution is -0.135. The van der Waals surface area contributed by atoms with Gasteiger partial charge < -0.3 is 19.3 Å². The van der Waals surface area contributed by atoms with Gasteiger partial charge in [0.1, 0.15) is 0 Å². The average molecular weight is 424 g/mol. The monoisotopic (exact) mass is 423 g/mol. The summed E-state index contributed by atoms with van der Waals surface area (Å²) in [6, 6.07) is 6.79. The van der Waals surface area contributed by atoms with Gasteiger partial charge in [0.05, 0.1) is 26.2 Å². The third-order valence-corrected chi connectivity index (χ3v) is 6.56. The highest BCUT2D eigenvalue weighted by Crippen LogP contribution is 2.46. The topological polar surface area (TPSA) is 72.0 Å². The number of ether oxygens (including phenoxy) is 2. The van der Waals surface area contributed by atoms with Crippen molar-refractivity contribution < 1.29 is 19.1 Å². The Bertz CT molecular complexity index is 970. The van der Waals surface area contributed by atoms with Crippen molar-refractivity contribution in [2.45, 2.75) is 31.7 Å². The molecular weight excluding hydrogens is 394 g/mol. The molecule has 0 N–H and O–H groups in total. The second-order valence-corrected chi connectivity index (χ2v) is 8.43. The molecule has 31 heavy (non-hydrogen) atoms. The summed E-state index contributed by atoms with van der Waals surface area (Å²) in [7, 11) is 4.85. The number of likely N-dealkylation sites (tertiary alicyclic amines) is 1. The number of hydrogen-bond donors (Lipinski definition) is 0. The van der Waals surface area contributed by atoms with E-state index in [4.69, 9.17) is 9.47 Å². The number of amides is 2. The molecule has 164 valence electrons. The number of carbonyl (C=O) groups excluding carboxylic acids is 2. The van der Waals surface area contributed by atoms with Gasteiger partial charge in [-0.1, -0.05) is 13.0 Å². The van der Waals surface area contributed by atoms with Crippen molar-refractivity contribution in [2.75, 3.05) is 34.4 Å². The molecule has 1 aromatic heterocycles. The Hall–Kier alpha value is -3.09. The molecule has 2 aromatic rings. The molecule has 4 rings (SSSR count). The van der Waals surface area contributed by atoms with Gasteiger partial charge in [0.15, 0.2) is 11.5 Å². The summed E-state index contributed by atoms with van der Waals surface area (Å²) >= 11 is 0. The van der Waals surface area contributed by atoms with Gasteiger partial charge in [-0.3, -0.25) is 14.6 Å². The second-order valence-electron chi connectivity index (χ2n) is 8.43. The van der Waals surface area contributed by atoms with Crippen LogP contribution in [0.2, 0.25) is 0 Å². The van der Waals surface area contributed by atoms with E-state index < -0.39 is 12.0 Å². The van der Waals surface area contributed by atoms with Crippen LogP contribution in [0.4, 0.5) is 0 Å². The van der Waals surface area contributed by atoms with Crippen LogP contribution in [0.15, 0.2) is 36.7 Å². The Kier molecular flexibility index (Phi) is 5.85. The van der Waals surface area contributed by atoms with Crippen molar-refractivity contribution in [1.29, 1.82) is 0 Å². The van der Waals surface area contributed by atoms with Crippen molar-refractivity contribution in [1.82, 2.24) is 14.8 Å². The summed E-state index contributed by atoms with van der Waals surface area (Å²) in [6.07, 6.45) is 5.41. The maximum atomic E-state index is 13.9. The molecule has 0 saturated carbocycles. The Morgan fingerprint density at radius 3 is 2.42 bits per heavy atom. The zero-order valence-electron chi connectivity index (χ0n) is 18.5. The summed E-state index contributed by atoms with van der Waals surface area (Å²) < 4.78 is 10.9. The molecule has 7 heteroatoms. The molecule has 7 nitrogen and oxygen atoms in total. The van der Waals surface area contributed by atoms with Gasteiger partial charge in [0.2, 0.25) is 5.91 Å². The van der Waals surface area contributed by atoms with E-state index in [-0.39, 0.29) is 11.8 Å². The fraction of sp³-hybridized carbons (Fsp3) is 0.458. The van der Waals surface area contributed by atoms with Gasteiger partial charge >= 0.3 is 0 Å². The molecule has 2 atom stereocenters. The number of carbonyl (C=O) groups is 2. The van der Waals surface area contributed by atoms with Crippen LogP contribution >= 0.6 is 0 Å². The molecular formula is C24H29N3O4. The Morgan fingerprint density at radius 1 is 1.13 bits per heavy atom. The minimum atomic E-state index is -0.546. The molecule has 1 aromatic carbocycles. The van der Waals surface area contributed by atoms with Gasteiger partial charge in [0.25, 0.3) is 5.91 Å². The first-order valence-corrected chi connectivity index (χ1v) is 10.7. The number of pyridine rings is 1. The molecule has 0 spiro atoms. The van der Waals surface area contributed by atoms with E-state index in [1.54, 1.807) is 43.6 Å². The van der Waals surface area contributed by atoms with Crippen molar-refractivity contribution in [3.05, 3.63) is 53.3 Å². The highest BCUT2D eigenvalue weighted by Gasteiger charge is 2.45. The van der Waals surface area contributed by atoms with Gasteiger partial charge in [-0.25, -0.2) is 0 Å². The first-order valence-electron chi connectivity index (χ1n) is 10.7. The lowest BCUT2D eigenvalue weighted by atomic mass is 9.79. The number of methoxy groups -OCH3 is 2. The Labute approximate surface area is 183 Å². The summed E-state index contributed by atoms with van der Waals surface area (Å²) in [5.74, 6) is 0.935. The van der Waals surface area contributed by atoms with Crippen molar-refractivity contribution in [2.24, 2.45) is 5.92 Å². The number of likely N-dealkylation sites (N-methyl/N-ethyl adjacent to an activating group) is 1. The number of aromatic nitrogens is 1. The van der Waals surface area contributed by atoms with Crippen LogP contribution < -0.4 is 9.47 Å². The Morgan fingerprint density at radius 2 is 1.81 bits per heavy atom. The van der Waals surface area contributed by atoms with Crippen molar-refractivity contribution >= 4 is 11.8 Å². The molecule has 0 radical (unpaired) electrons. The average Bonchev–Trinajstić information content (AvgIpc) is 2.81. The standard InChI is InChI=1S/C24H29N3O4/c1-15-7-10-27(11-8-15)24(29)21-17-12-19(30-3)20(31-4)13-18(17)23(28)26(2)22(21)16-6-5-9-25-14-16/h5-6,9,12-15,21-22H,7-8,10-11H2,1-4H3/t21-,22+/m0/s1. The molecule has 2 aliphatic heterocycles. The van der Waals surface area contributed by atoms with Crippen molar-refractivity contribution in [3.63, 3.8) is 0 Å². The number of nitrogens with zero attached hydrogens (tertiary/aromatic N) is 3. The van der Waals surface area contributed by atoms with Crippen LogP contribution in [0.1, 0.15) is 53.2 Å². The summed E-state index contributed by atoms with van der Waals surface area (Å²) in [6.45, 7) is 3.69. The number of fused-ring (bicyclic) bond motifs is 1. The van der Waals surface area contributed by atoms with E-state index >= 15 is 0 Å². The van der Waals surface area contributed by atoms with Crippen molar-refractivity contribution in [3.8, 4) is 11.5 Å². The largest absolute Gasteiger partial charge is 0.493 e. The highest BCUT2D eigenvalue weighted by atomic mass is 16.5. The van der Waals surface area contributed by atoms with E-state index in [1.165, 1.54) is 7.11 Å². The molecule has 3 heterocycles.